The van der Waals surface area contributed by atoms with E-state index in [0.29, 0.717) is 5.92 Å². The molecule has 17 heavy (non-hydrogen) atoms. The van der Waals surface area contributed by atoms with Crippen molar-refractivity contribution >= 4 is 11.6 Å². The van der Waals surface area contributed by atoms with Crippen molar-refractivity contribution in [2.75, 3.05) is 6.61 Å². The number of rotatable bonds is 3. The molecule has 0 aliphatic heterocycles. The summed E-state index contributed by atoms with van der Waals surface area (Å²) in [5.41, 5.74) is 7.95. The van der Waals surface area contributed by atoms with Crippen LogP contribution < -0.4 is 5.73 Å². The summed E-state index contributed by atoms with van der Waals surface area (Å²) in [5.74, 6) is 0.607. The Morgan fingerprint density at radius 2 is 2.00 bits per heavy atom. The van der Waals surface area contributed by atoms with E-state index in [9.17, 15) is 0 Å². The normalized spacial score (nSPS) is 19.2. The molecule has 1 aromatic carbocycles. The summed E-state index contributed by atoms with van der Waals surface area (Å²) in [6.07, 6.45) is 6.44. The molecule has 1 aliphatic carbocycles. The fraction of sp³-hybridized carbons (Fsp3) is 0.571. The average Bonchev–Trinajstić information content (AvgIpc) is 2.38. The lowest BCUT2D eigenvalue weighted by Crippen LogP contribution is -2.14. The van der Waals surface area contributed by atoms with E-state index in [-0.39, 0.29) is 12.6 Å². The zero-order valence-electron chi connectivity index (χ0n) is 10.0. The van der Waals surface area contributed by atoms with Gasteiger partial charge in [0.1, 0.15) is 0 Å². The lowest BCUT2D eigenvalue weighted by Gasteiger charge is -2.23. The third-order valence-corrected chi connectivity index (χ3v) is 4.02. The second-order valence-electron chi connectivity index (χ2n) is 4.90. The number of aliphatic hydroxyl groups is 1. The van der Waals surface area contributed by atoms with E-state index in [0.717, 1.165) is 10.6 Å². The summed E-state index contributed by atoms with van der Waals surface area (Å²) in [6.45, 7) is -0.0426. The van der Waals surface area contributed by atoms with Crippen LogP contribution >= 0.6 is 11.6 Å². The van der Waals surface area contributed by atoms with Crippen molar-refractivity contribution in [1.82, 2.24) is 0 Å². The van der Waals surface area contributed by atoms with Crippen LogP contribution in [0.1, 0.15) is 55.2 Å². The van der Waals surface area contributed by atoms with Crippen molar-refractivity contribution < 1.29 is 5.11 Å². The maximum atomic E-state index is 9.03. The lowest BCUT2D eigenvalue weighted by molar-refractivity contribution is 0.268. The van der Waals surface area contributed by atoms with Crippen LogP contribution in [0.4, 0.5) is 0 Å². The Morgan fingerprint density at radius 1 is 1.29 bits per heavy atom. The topological polar surface area (TPSA) is 46.2 Å². The molecule has 0 heterocycles. The summed E-state index contributed by atoms with van der Waals surface area (Å²) in [6, 6.07) is 5.67. The largest absolute Gasteiger partial charge is 0.394 e. The highest BCUT2D eigenvalue weighted by atomic mass is 35.5. The quantitative estimate of drug-likeness (QED) is 0.868. The number of halogens is 1. The molecule has 1 aliphatic rings. The van der Waals surface area contributed by atoms with Gasteiger partial charge in [-0.3, -0.25) is 0 Å². The molecule has 1 fully saturated rings. The van der Waals surface area contributed by atoms with Crippen molar-refractivity contribution in [2.45, 2.75) is 44.1 Å². The van der Waals surface area contributed by atoms with Gasteiger partial charge in [-0.25, -0.2) is 0 Å². The van der Waals surface area contributed by atoms with Gasteiger partial charge >= 0.3 is 0 Å². The maximum Gasteiger partial charge on any atom is 0.0624 e. The van der Waals surface area contributed by atoms with Gasteiger partial charge in [-0.15, -0.1) is 0 Å². The predicted octanol–water partition coefficient (Wildman–Crippen LogP) is 3.38. The van der Waals surface area contributed by atoms with Crippen LogP contribution in [0.15, 0.2) is 18.2 Å². The number of nitrogens with two attached hydrogens (primary N) is 1. The molecule has 0 bridgehead atoms. The Balaban J connectivity index is 2.18. The van der Waals surface area contributed by atoms with E-state index in [1.54, 1.807) is 0 Å². The van der Waals surface area contributed by atoms with Crippen LogP contribution in [0.3, 0.4) is 0 Å². The zero-order chi connectivity index (χ0) is 12.3. The summed E-state index contributed by atoms with van der Waals surface area (Å²) >= 11 is 6.33. The van der Waals surface area contributed by atoms with Gasteiger partial charge in [0, 0.05) is 5.02 Å². The van der Waals surface area contributed by atoms with E-state index in [1.165, 1.54) is 37.7 Å². The summed E-state index contributed by atoms with van der Waals surface area (Å²) in [7, 11) is 0. The van der Waals surface area contributed by atoms with Crippen LogP contribution in [0, 0.1) is 0 Å². The first-order chi connectivity index (χ1) is 8.22. The van der Waals surface area contributed by atoms with Crippen LogP contribution in [0.5, 0.6) is 0 Å². The highest BCUT2D eigenvalue weighted by Crippen LogP contribution is 2.36. The second-order valence-corrected chi connectivity index (χ2v) is 5.31. The van der Waals surface area contributed by atoms with Crippen molar-refractivity contribution in [2.24, 2.45) is 5.73 Å². The molecule has 0 saturated heterocycles. The van der Waals surface area contributed by atoms with Crippen molar-refractivity contribution in [3.63, 3.8) is 0 Å². The Hall–Kier alpha value is -0.570. The first kappa shape index (κ1) is 12.9. The minimum Gasteiger partial charge on any atom is -0.394 e. The van der Waals surface area contributed by atoms with Crippen LogP contribution in [-0.4, -0.2) is 11.7 Å². The molecular weight excluding hydrogens is 234 g/mol. The van der Waals surface area contributed by atoms with Crippen molar-refractivity contribution in [1.29, 1.82) is 0 Å². The summed E-state index contributed by atoms with van der Waals surface area (Å²) < 4.78 is 0. The molecule has 0 radical (unpaired) electrons. The minimum absolute atomic E-state index is 0.0426. The molecule has 3 heteroatoms. The smallest absolute Gasteiger partial charge is 0.0624 e. The fourth-order valence-electron chi connectivity index (χ4n) is 2.62. The third-order valence-electron chi connectivity index (χ3n) is 3.69. The molecule has 3 N–H and O–H groups in total. The van der Waals surface area contributed by atoms with Gasteiger partial charge in [0.2, 0.25) is 0 Å². The number of benzene rings is 1. The fourth-order valence-corrected chi connectivity index (χ4v) is 2.97. The first-order valence-corrected chi connectivity index (χ1v) is 6.76. The van der Waals surface area contributed by atoms with Crippen LogP contribution in [0.25, 0.3) is 0 Å². The van der Waals surface area contributed by atoms with Gasteiger partial charge in [0.15, 0.2) is 0 Å². The van der Waals surface area contributed by atoms with Crippen LogP contribution in [0.2, 0.25) is 5.02 Å². The molecule has 1 aromatic rings. The average molecular weight is 254 g/mol. The van der Waals surface area contributed by atoms with Gasteiger partial charge in [0.05, 0.1) is 12.6 Å². The molecule has 1 saturated carbocycles. The van der Waals surface area contributed by atoms with Gasteiger partial charge in [-0.05, 0) is 36.0 Å². The molecule has 1 unspecified atom stereocenters. The molecule has 94 valence electrons. The Kier molecular flexibility index (Phi) is 4.43. The number of hydrogen-bond donors (Lipinski definition) is 2. The number of aliphatic hydroxyl groups excluding tert-OH is 1. The molecule has 0 spiro atoms. The van der Waals surface area contributed by atoms with Crippen LogP contribution in [-0.2, 0) is 0 Å². The number of hydrogen-bond acceptors (Lipinski definition) is 2. The van der Waals surface area contributed by atoms with Gasteiger partial charge < -0.3 is 10.8 Å². The Morgan fingerprint density at radius 3 is 2.59 bits per heavy atom. The van der Waals surface area contributed by atoms with Gasteiger partial charge in [0.25, 0.3) is 0 Å². The molecule has 0 amide bonds. The van der Waals surface area contributed by atoms with Gasteiger partial charge in [-0.2, -0.15) is 0 Å². The summed E-state index contributed by atoms with van der Waals surface area (Å²) in [5, 5.41) is 9.83. The molecule has 0 aromatic heterocycles. The first-order valence-electron chi connectivity index (χ1n) is 6.38. The monoisotopic (exact) mass is 253 g/mol. The molecule has 2 rings (SSSR count). The standard InChI is InChI=1S/C14H20ClNO/c15-13-8-11(14(16)9-17)6-7-12(13)10-4-2-1-3-5-10/h6-8,10,14,17H,1-5,9,16H2. The zero-order valence-corrected chi connectivity index (χ0v) is 10.8. The van der Waals surface area contributed by atoms with E-state index >= 15 is 0 Å². The lowest BCUT2D eigenvalue weighted by atomic mass is 9.83. The second kappa shape index (κ2) is 5.85. The van der Waals surface area contributed by atoms with E-state index < -0.39 is 0 Å². The Bertz CT molecular complexity index is 374. The SMILES string of the molecule is NC(CO)c1ccc(C2CCCCC2)c(Cl)c1. The molecule has 1 atom stereocenters. The minimum atomic E-state index is -0.326. The van der Waals surface area contributed by atoms with E-state index in [1.807, 2.05) is 12.1 Å². The predicted molar refractivity (Wildman–Crippen MR) is 71.3 cm³/mol. The highest BCUT2D eigenvalue weighted by molar-refractivity contribution is 6.31. The van der Waals surface area contributed by atoms with E-state index in [2.05, 4.69) is 6.07 Å². The highest BCUT2D eigenvalue weighted by Gasteiger charge is 2.18. The maximum absolute atomic E-state index is 9.03. The van der Waals surface area contributed by atoms with Crippen molar-refractivity contribution in [3.05, 3.63) is 34.3 Å². The molecular formula is C14H20ClNO. The molecule has 2 nitrogen and oxygen atoms in total. The van der Waals surface area contributed by atoms with Crippen molar-refractivity contribution in [3.8, 4) is 0 Å². The van der Waals surface area contributed by atoms with Gasteiger partial charge in [-0.1, -0.05) is 43.0 Å². The van der Waals surface area contributed by atoms with E-state index in [4.69, 9.17) is 22.4 Å². The Labute approximate surface area is 108 Å². The third kappa shape index (κ3) is 3.01. The summed E-state index contributed by atoms with van der Waals surface area (Å²) in [4.78, 5) is 0.